The van der Waals surface area contributed by atoms with Crippen LogP contribution in [0, 0.1) is 0 Å². The highest BCUT2D eigenvalue weighted by atomic mass is 127. The number of aliphatic imine (C=N–C) groups is 1. The highest BCUT2D eigenvalue weighted by Crippen LogP contribution is 2.34. The van der Waals surface area contributed by atoms with Crippen molar-refractivity contribution in [1.29, 1.82) is 0 Å². The van der Waals surface area contributed by atoms with Crippen molar-refractivity contribution in [3.63, 3.8) is 0 Å². The van der Waals surface area contributed by atoms with Gasteiger partial charge in [-0.15, -0.1) is 24.0 Å². The quantitative estimate of drug-likeness (QED) is 0.352. The summed E-state index contributed by atoms with van der Waals surface area (Å²) in [6.07, 6.45) is 10.7. The van der Waals surface area contributed by atoms with Crippen LogP contribution in [-0.2, 0) is 11.3 Å². The number of ether oxygens (including phenoxy) is 1. The van der Waals surface area contributed by atoms with E-state index in [9.17, 15) is 0 Å². The summed E-state index contributed by atoms with van der Waals surface area (Å²) in [5.41, 5.74) is 0.227. The van der Waals surface area contributed by atoms with Crippen LogP contribution in [0.2, 0.25) is 0 Å². The van der Waals surface area contributed by atoms with E-state index in [4.69, 9.17) is 9.73 Å². The predicted octanol–water partition coefficient (Wildman–Crippen LogP) is 2.70. The SMILES string of the molecule is CCNC(=NCC1(N2CCOCC2)CCCCC1)NCCn1cccc1.I. The van der Waals surface area contributed by atoms with Crippen LogP contribution in [0.1, 0.15) is 39.0 Å². The third-order valence-electron chi connectivity index (χ3n) is 5.67. The molecule has 154 valence electrons. The van der Waals surface area contributed by atoms with Gasteiger partial charge in [0, 0.05) is 50.7 Å². The summed E-state index contributed by atoms with van der Waals surface area (Å²) in [7, 11) is 0. The first-order chi connectivity index (χ1) is 12.8. The van der Waals surface area contributed by atoms with E-state index in [1.807, 2.05) is 0 Å². The van der Waals surface area contributed by atoms with Gasteiger partial charge in [-0.1, -0.05) is 19.3 Å². The van der Waals surface area contributed by atoms with Crippen molar-refractivity contribution in [2.24, 2.45) is 4.99 Å². The molecule has 1 saturated heterocycles. The Morgan fingerprint density at radius 3 is 2.44 bits per heavy atom. The molecular formula is C20H36IN5O. The van der Waals surface area contributed by atoms with Crippen molar-refractivity contribution < 1.29 is 4.74 Å². The molecule has 0 unspecified atom stereocenters. The van der Waals surface area contributed by atoms with Crippen LogP contribution in [0.25, 0.3) is 0 Å². The topological polar surface area (TPSA) is 53.8 Å². The maximum absolute atomic E-state index is 5.58. The molecule has 2 N–H and O–H groups in total. The molecule has 3 rings (SSSR count). The van der Waals surface area contributed by atoms with Crippen LogP contribution in [-0.4, -0.2) is 66.9 Å². The molecule has 7 heteroatoms. The third kappa shape index (κ3) is 6.64. The van der Waals surface area contributed by atoms with Crippen molar-refractivity contribution in [2.45, 2.75) is 51.1 Å². The van der Waals surface area contributed by atoms with E-state index in [-0.39, 0.29) is 29.5 Å². The van der Waals surface area contributed by atoms with Gasteiger partial charge in [-0.3, -0.25) is 9.89 Å². The van der Waals surface area contributed by atoms with E-state index >= 15 is 0 Å². The van der Waals surface area contributed by atoms with Crippen molar-refractivity contribution in [3.05, 3.63) is 24.5 Å². The summed E-state index contributed by atoms with van der Waals surface area (Å²) in [6, 6.07) is 4.13. The van der Waals surface area contributed by atoms with E-state index in [0.29, 0.717) is 0 Å². The van der Waals surface area contributed by atoms with E-state index < -0.39 is 0 Å². The second kappa shape index (κ2) is 11.9. The minimum absolute atomic E-state index is 0. The molecule has 0 spiro atoms. The third-order valence-corrected chi connectivity index (χ3v) is 5.67. The lowest BCUT2D eigenvalue weighted by atomic mass is 9.80. The number of halogens is 1. The van der Waals surface area contributed by atoms with Crippen molar-refractivity contribution >= 4 is 29.9 Å². The molecule has 1 aromatic heterocycles. The van der Waals surface area contributed by atoms with Crippen LogP contribution in [0.3, 0.4) is 0 Å². The molecule has 2 aliphatic rings. The van der Waals surface area contributed by atoms with Gasteiger partial charge in [-0.25, -0.2) is 0 Å². The Morgan fingerprint density at radius 1 is 1.07 bits per heavy atom. The number of rotatable bonds is 7. The average molecular weight is 489 g/mol. The largest absolute Gasteiger partial charge is 0.379 e. The molecule has 0 atom stereocenters. The molecule has 6 nitrogen and oxygen atoms in total. The Hall–Kier alpha value is -0.800. The molecule has 1 aliphatic heterocycles. The van der Waals surface area contributed by atoms with Gasteiger partial charge in [0.1, 0.15) is 0 Å². The molecule has 2 fully saturated rings. The molecule has 0 bridgehead atoms. The molecule has 1 aliphatic carbocycles. The molecule has 1 aromatic rings. The Bertz CT molecular complexity index is 537. The zero-order chi connectivity index (χ0) is 18.1. The smallest absolute Gasteiger partial charge is 0.191 e. The van der Waals surface area contributed by atoms with Crippen LogP contribution >= 0.6 is 24.0 Å². The Morgan fingerprint density at radius 2 is 1.78 bits per heavy atom. The summed E-state index contributed by atoms with van der Waals surface area (Å²) in [5.74, 6) is 0.942. The summed E-state index contributed by atoms with van der Waals surface area (Å²) in [6.45, 7) is 9.55. The average Bonchev–Trinajstić information content (AvgIpc) is 3.21. The van der Waals surface area contributed by atoms with Crippen LogP contribution < -0.4 is 10.6 Å². The normalized spacial score (nSPS) is 20.7. The number of aromatic nitrogens is 1. The monoisotopic (exact) mass is 489 g/mol. The molecule has 1 saturated carbocycles. The van der Waals surface area contributed by atoms with E-state index in [0.717, 1.165) is 58.4 Å². The Labute approximate surface area is 181 Å². The number of nitrogens with one attached hydrogen (secondary N) is 2. The number of hydrogen-bond acceptors (Lipinski definition) is 3. The summed E-state index contributed by atoms with van der Waals surface area (Å²) in [4.78, 5) is 7.66. The van der Waals surface area contributed by atoms with Gasteiger partial charge >= 0.3 is 0 Å². The molecule has 0 amide bonds. The van der Waals surface area contributed by atoms with Crippen LogP contribution in [0.4, 0.5) is 0 Å². The van der Waals surface area contributed by atoms with Gasteiger partial charge in [0.05, 0.1) is 19.8 Å². The van der Waals surface area contributed by atoms with Gasteiger partial charge in [0.15, 0.2) is 5.96 Å². The Balaban J connectivity index is 0.00000261. The molecular weight excluding hydrogens is 453 g/mol. The lowest BCUT2D eigenvalue weighted by molar-refractivity contribution is -0.0333. The fourth-order valence-corrected chi connectivity index (χ4v) is 4.21. The zero-order valence-corrected chi connectivity index (χ0v) is 19.0. The lowest BCUT2D eigenvalue weighted by Crippen LogP contribution is -2.56. The first-order valence-electron chi connectivity index (χ1n) is 10.3. The van der Waals surface area contributed by atoms with Gasteiger partial charge in [0.25, 0.3) is 0 Å². The van der Waals surface area contributed by atoms with Gasteiger partial charge in [-0.05, 0) is 31.9 Å². The van der Waals surface area contributed by atoms with Crippen molar-refractivity contribution in [2.75, 3.05) is 45.9 Å². The molecule has 27 heavy (non-hydrogen) atoms. The van der Waals surface area contributed by atoms with Crippen molar-refractivity contribution in [3.8, 4) is 0 Å². The molecule has 2 heterocycles. The summed E-state index contributed by atoms with van der Waals surface area (Å²) < 4.78 is 7.77. The minimum Gasteiger partial charge on any atom is -0.379 e. The number of hydrogen-bond donors (Lipinski definition) is 2. The van der Waals surface area contributed by atoms with Crippen molar-refractivity contribution in [1.82, 2.24) is 20.1 Å². The summed E-state index contributed by atoms with van der Waals surface area (Å²) >= 11 is 0. The minimum atomic E-state index is 0. The maximum Gasteiger partial charge on any atom is 0.191 e. The van der Waals surface area contributed by atoms with Gasteiger partial charge < -0.3 is 19.9 Å². The number of nitrogens with zero attached hydrogens (tertiary/aromatic N) is 3. The zero-order valence-electron chi connectivity index (χ0n) is 16.7. The molecule has 0 radical (unpaired) electrons. The van der Waals surface area contributed by atoms with Gasteiger partial charge in [-0.2, -0.15) is 0 Å². The fraction of sp³-hybridized carbons (Fsp3) is 0.750. The first kappa shape index (κ1) is 22.5. The highest BCUT2D eigenvalue weighted by molar-refractivity contribution is 14.0. The fourth-order valence-electron chi connectivity index (χ4n) is 4.21. The van der Waals surface area contributed by atoms with E-state index in [1.165, 1.54) is 32.1 Å². The van der Waals surface area contributed by atoms with Crippen LogP contribution in [0.15, 0.2) is 29.5 Å². The second-order valence-corrected chi connectivity index (χ2v) is 7.43. The van der Waals surface area contributed by atoms with E-state index in [2.05, 4.69) is 51.6 Å². The van der Waals surface area contributed by atoms with Crippen LogP contribution in [0.5, 0.6) is 0 Å². The lowest BCUT2D eigenvalue weighted by Gasteiger charge is -2.47. The van der Waals surface area contributed by atoms with Gasteiger partial charge in [0.2, 0.25) is 0 Å². The maximum atomic E-state index is 5.58. The number of guanidine groups is 1. The first-order valence-corrected chi connectivity index (χ1v) is 10.3. The summed E-state index contributed by atoms with van der Waals surface area (Å²) in [5, 5.41) is 6.90. The molecule has 0 aromatic carbocycles. The predicted molar refractivity (Wildman–Crippen MR) is 122 cm³/mol. The van der Waals surface area contributed by atoms with E-state index in [1.54, 1.807) is 0 Å². The number of morpholine rings is 1. The highest BCUT2D eigenvalue weighted by Gasteiger charge is 2.38. The standard InChI is InChI=1S/C20H35N5O.HI/c1-2-21-19(22-10-13-24-11-6-7-12-24)23-18-20(8-4-3-5-9-20)25-14-16-26-17-15-25;/h6-7,11-12H,2-5,8-10,13-18H2,1H3,(H2,21,22,23);1H. The second-order valence-electron chi connectivity index (χ2n) is 7.43. The Kier molecular flexibility index (Phi) is 9.92.